The molecule has 6 nitrogen and oxygen atoms in total. The van der Waals surface area contributed by atoms with Crippen LogP contribution in [0.2, 0.25) is 0 Å². The molecule has 1 aromatic carbocycles. The van der Waals surface area contributed by atoms with E-state index in [9.17, 15) is 10.1 Å². The molecule has 1 unspecified atom stereocenters. The molecule has 3 rings (SSSR count). The number of nitrogens with one attached hydrogen (secondary N) is 1. The van der Waals surface area contributed by atoms with Gasteiger partial charge in [0.15, 0.2) is 5.13 Å². The number of anilines is 1. The average Bonchev–Trinajstić information content (AvgIpc) is 3.21. The predicted molar refractivity (Wildman–Crippen MR) is 95.7 cm³/mol. The zero-order chi connectivity index (χ0) is 17.8. The van der Waals surface area contributed by atoms with Crippen LogP contribution in [0.4, 0.5) is 5.13 Å². The first-order valence-corrected chi connectivity index (χ1v) is 8.77. The van der Waals surface area contributed by atoms with Crippen molar-refractivity contribution in [3.63, 3.8) is 0 Å². The van der Waals surface area contributed by atoms with E-state index in [1.165, 1.54) is 17.4 Å². The molecular weight excluding hydrogens is 338 g/mol. The molecule has 0 aliphatic carbocycles. The van der Waals surface area contributed by atoms with E-state index in [0.717, 1.165) is 17.7 Å². The summed E-state index contributed by atoms with van der Waals surface area (Å²) in [6, 6.07) is 5.67. The molecular formula is C18H17N3O3S. The lowest BCUT2D eigenvalue weighted by Gasteiger charge is -2.10. The predicted octanol–water partition coefficient (Wildman–Crippen LogP) is 3.41. The van der Waals surface area contributed by atoms with E-state index in [1.54, 1.807) is 11.6 Å². The first-order valence-electron chi connectivity index (χ1n) is 7.89. The number of hydrogen-bond donors (Lipinski definition) is 1. The van der Waals surface area contributed by atoms with Gasteiger partial charge in [0, 0.05) is 29.1 Å². The Morgan fingerprint density at radius 3 is 3.12 bits per heavy atom. The van der Waals surface area contributed by atoms with Gasteiger partial charge in [0.25, 0.3) is 5.91 Å². The molecule has 1 amide bonds. The van der Waals surface area contributed by atoms with Gasteiger partial charge in [0.05, 0.1) is 6.61 Å². The summed E-state index contributed by atoms with van der Waals surface area (Å²) in [5.74, 6) is 0.892. The smallest absolute Gasteiger partial charge is 0.268 e. The molecule has 1 N–H and O–H groups in total. The van der Waals surface area contributed by atoms with Gasteiger partial charge in [-0.15, -0.1) is 11.3 Å². The Labute approximate surface area is 149 Å². The van der Waals surface area contributed by atoms with Crippen molar-refractivity contribution in [3.8, 4) is 17.6 Å². The summed E-state index contributed by atoms with van der Waals surface area (Å²) >= 11 is 1.29. The normalized spacial score (nSPS) is 15.9. The number of amides is 1. The molecule has 1 aliphatic heterocycles. The van der Waals surface area contributed by atoms with Crippen LogP contribution >= 0.6 is 11.3 Å². The maximum atomic E-state index is 12.3. The molecule has 0 saturated heterocycles. The van der Waals surface area contributed by atoms with E-state index in [2.05, 4.69) is 10.3 Å². The minimum Gasteiger partial charge on any atom is -0.493 e. The van der Waals surface area contributed by atoms with Crippen LogP contribution in [-0.2, 0) is 11.2 Å². The summed E-state index contributed by atoms with van der Waals surface area (Å²) in [4.78, 5) is 16.3. The van der Waals surface area contributed by atoms with Gasteiger partial charge in [0.2, 0.25) is 0 Å². The topological polar surface area (TPSA) is 84.2 Å². The lowest BCUT2D eigenvalue weighted by atomic mass is 10.0. The molecule has 2 heterocycles. The summed E-state index contributed by atoms with van der Waals surface area (Å²) in [5.41, 5.74) is 1.68. The summed E-state index contributed by atoms with van der Waals surface area (Å²) in [5, 5.41) is 14.2. The zero-order valence-corrected chi connectivity index (χ0v) is 14.7. The fourth-order valence-electron chi connectivity index (χ4n) is 2.60. The van der Waals surface area contributed by atoms with Crippen molar-refractivity contribution in [3.05, 3.63) is 40.4 Å². The van der Waals surface area contributed by atoms with E-state index in [-0.39, 0.29) is 11.7 Å². The molecule has 128 valence electrons. The van der Waals surface area contributed by atoms with Crippen molar-refractivity contribution in [1.29, 1.82) is 5.26 Å². The highest BCUT2D eigenvalue weighted by molar-refractivity contribution is 7.13. The van der Waals surface area contributed by atoms with Gasteiger partial charge in [-0.25, -0.2) is 4.98 Å². The Morgan fingerprint density at radius 2 is 2.44 bits per heavy atom. The van der Waals surface area contributed by atoms with Crippen LogP contribution < -0.4 is 14.8 Å². The third kappa shape index (κ3) is 3.80. The Bertz CT molecular complexity index is 853. The van der Waals surface area contributed by atoms with Gasteiger partial charge in [-0.05, 0) is 32.1 Å². The van der Waals surface area contributed by atoms with Gasteiger partial charge in [-0.3, -0.25) is 10.1 Å². The lowest BCUT2D eigenvalue weighted by molar-refractivity contribution is -0.112. The molecule has 2 aromatic rings. The van der Waals surface area contributed by atoms with Crippen molar-refractivity contribution < 1.29 is 14.3 Å². The van der Waals surface area contributed by atoms with Crippen molar-refractivity contribution in [2.75, 3.05) is 11.9 Å². The number of thiazole rings is 1. The van der Waals surface area contributed by atoms with Crippen molar-refractivity contribution in [2.45, 2.75) is 26.4 Å². The third-order valence-electron chi connectivity index (χ3n) is 3.65. The van der Waals surface area contributed by atoms with Crippen molar-refractivity contribution >= 4 is 28.5 Å². The van der Waals surface area contributed by atoms with Crippen LogP contribution in [0, 0.1) is 11.3 Å². The minimum atomic E-state index is -0.505. The average molecular weight is 355 g/mol. The molecule has 0 fully saturated rings. The van der Waals surface area contributed by atoms with E-state index in [0.29, 0.717) is 23.1 Å². The second-order valence-corrected chi connectivity index (χ2v) is 6.42. The zero-order valence-electron chi connectivity index (χ0n) is 13.9. The number of rotatable bonds is 5. The fraction of sp³-hybridized carbons (Fsp3) is 0.278. The number of carbonyl (C=O) groups is 1. The third-order valence-corrected chi connectivity index (χ3v) is 4.33. The SMILES string of the molecule is CCOc1cc2c(cc1/C=C(\C#N)C(=O)Nc1nccs1)OC(C)C2. The molecule has 1 atom stereocenters. The number of fused-ring (bicyclic) bond motifs is 1. The van der Waals surface area contributed by atoms with Gasteiger partial charge in [-0.2, -0.15) is 5.26 Å². The monoisotopic (exact) mass is 355 g/mol. The molecule has 1 aliphatic rings. The second-order valence-electron chi connectivity index (χ2n) is 5.52. The van der Waals surface area contributed by atoms with Crippen molar-refractivity contribution in [1.82, 2.24) is 4.98 Å². The molecule has 0 radical (unpaired) electrons. The Hall–Kier alpha value is -2.85. The van der Waals surface area contributed by atoms with Crippen LogP contribution in [0.25, 0.3) is 6.08 Å². The summed E-state index contributed by atoms with van der Waals surface area (Å²) in [6.07, 6.45) is 4.02. The van der Waals surface area contributed by atoms with Gasteiger partial charge in [-0.1, -0.05) is 0 Å². The largest absolute Gasteiger partial charge is 0.493 e. The highest BCUT2D eigenvalue weighted by Crippen LogP contribution is 2.36. The first-order chi connectivity index (χ1) is 12.1. The van der Waals surface area contributed by atoms with Gasteiger partial charge in [0.1, 0.15) is 29.2 Å². The minimum absolute atomic E-state index is 0.0258. The van der Waals surface area contributed by atoms with E-state index in [1.807, 2.05) is 32.0 Å². The highest BCUT2D eigenvalue weighted by Gasteiger charge is 2.22. The number of aromatic nitrogens is 1. The molecule has 1 aromatic heterocycles. The maximum absolute atomic E-state index is 12.3. The molecule has 0 bridgehead atoms. The summed E-state index contributed by atoms with van der Waals surface area (Å²) in [6.45, 7) is 4.38. The van der Waals surface area contributed by atoms with Gasteiger partial charge >= 0.3 is 0 Å². The lowest BCUT2D eigenvalue weighted by Crippen LogP contribution is -2.13. The summed E-state index contributed by atoms with van der Waals surface area (Å²) < 4.78 is 11.4. The molecule has 0 saturated carbocycles. The maximum Gasteiger partial charge on any atom is 0.268 e. The second kappa shape index (κ2) is 7.36. The molecule has 25 heavy (non-hydrogen) atoms. The van der Waals surface area contributed by atoms with Crippen LogP contribution in [-0.4, -0.2) is 23.6 Å². The Kier molecular flexibility index (Phi) is 5.00. The molecule has 7 heteroatoms. The van der Waals surface area contributed by atoms with Crippen LogP contribution in [0.3, 0.4) is 0 Å². The van der Waals surface area contributed by atoms with Crippen LogP contribution in [0.5, 0.6) is 11.5 Å². The van der Waals surface area contributed by atoms with Crippen LogP contribution in [0.1, 0.15) is 25.0 Å². The van der Waals surface area contributed by atoms with E-state index in [4.69, 9.17) is 9.47 Å². The quantitative estimate of drug-likeness (QED) is 0.656. The number of nitrogens with zero attached hydrogens (tertiary/aromatic N) is 2. The first kappa shape index (κ1) is 17.0. The number of ether oxygens (including phenoxy) is 2. The standard InChI is InChI=1S/C18H17N3O3S/c1-3-23-15-8-12-6-11(2)24-16(12)9-13(15)7-14(10-19)17(22)21-18-20-4-5-25-18/h4-5,7-9,11H,3,6H2,1-2H3,(H,20,21,22)/b14-7+. The summed E-state index contributed by atoms with van der Waals surface area (Å²) in [7, 11) is 0. The number of nitriles is 1. The highest BCUT2D eigenvalue weighted by atomic mass is 32.1. The van der Waals surface area contributed by atoms with Crippen LogP contribution in [0.15, 0.2) is 29.3 Å². The number of benzene rings is 1. The number of hydrogen-bond acceptors (Lipinski definition) is 6. The van der Waals surface area contributed by atoms with Crippen molar-refractivity contribution in [2.24, 2.45) is 0 Å². The fourth-order valence-corrected chi connectivity index (χ4v) is 3.13. The Balaban J connectivity index is 1.93. The van der Waals surface area contributed by atoms with Gasteiger partial charge < -0.3 is 9.47 Å². The Morgan fingerprint density at radius 1 is 1.60 bits per heavy atom. The molecule has 0 spiro atoms. The van der Waals surface area contributed by atoms with E-state index >= 15 is 0 Å². The van der Waals surface area contributed by atoms with E-state index < -0.39 is 5.91 Å². The number of carbonyl (C=O) groups excluding carboxylic acids is 1.